The van der Waals surface area contributed by atoms with Gasteiger partial charge < -0.3 is 10.2 Å². The highest BCUT2D eigenvalue weighted by molar-refractivity contribution is 5.78. The Morgan fingerprint density at radius 3 is 2.61 bits per heavy atom. The van der Waals surface area contributed by atoms with Crippen LogP contribution in [-0.4, -0.2) is 48.5 Å². The molecule has 5 heteroatoms. The third-order valence-electron chi connectivity index (χ3n) is 5.96. The minimum atomic E-state index is 0.0505. The second-order valence-corrected chi connectivity index (χ2v) is 7.98. The summed E-state index contributed by atoms with van der Waals surface area (Å²) in [5.41, 5.74) is 4.17. The average molecular weight is 379 g/mol. The molecule has 0 spiro atoms. The van der Waals surface area contributed by atoms with Gasteiger partial charge in [0.05, 0.1) is 12.6 Å². The van der Waals surface area contributed by atoms with Crippen LogP contribution in [0.3, 0.4) is 0 Å². The predicted molar refractivity (Wildman–Crippen MR) is 113 cm³/mol. The van der Waals surface area contributed by atoms with Crippen molar-refractivity contribution < 1.29 is 4.79 Å². The zero-order chi connectivity index (χ0) is 19.3. The average Bonchev–Trinajstić information content (AvgIpc) is 2.74. The van der Waals surface area contributed by atoms with Gasteiger partial charge in [0, 0.05) is 32.4 Å². The van der Waals surface area contributed by atoms with Crippen LogP contribution in [-0.2, 0) is 17.6 Å². The highest BCUT2D eigenvalue weighted by atomic mass is 16.2. The van der Waals surface area contributed by atoms with E-state index in [0.29, 0.717) is 6.54 Å². The van der Waals surface area contributed by atoms with Crippen molar-refractivity contribution in [1.29, 1.82) is 0 Å². The molecule has 1 aliphatic heterocycles. The summed E-state index contributed by atoms with van der Waals surface area (Å²) in [7, 11) is 0. The molecule has 1 aromatic carbocycles. The number of piperazine rings is 1. The Bertz CT molecular complexity index is 800. The fraction of sp³-hybridized carbons (Fsp3) is 0.478. The van der Waals surface area contributed by atoms with E-state index in [0.717, 1.165) is 32.0 Å². The maximum atomic E-state index is 12.6. The molecule has 1 N–H and O–H groups in total. The summed E-state index contributed by atoms with van der Waals surface area (Å²) < 4.78 is 0. The van der Waals surface area contributed by atoms with E-state index in [1.807, 2.05) is 24.4 Å². The number of benzene rings is 1. The van der Waals surface area contributed by atoms with Crippen LogP contribution in [0.4, 0.5) is 5.82 Å². The molecular weight excluding hydrogens is 348 g/mol. The monoisotopic (exact) mass is 378 g/mol. The largest absolute Gasteiger partial charge is 0.354 e. The van der Waals surface area contributed by atoms with Gasteiger partial charge in [0.2, 0.25) is 5.91 Å². The predicted octanol–water partition coefficient (Wildman–Crippen LogP) is 2.96. The van der Waals surface area contributed by atoms with E-state index in [4.69, 9.17) is 0 Å². The van der Waals surface area contributed by atoms with Crippen molar-refractivity contribution in [2.45, 2.75) is 38.6 Å². The molecule has 1 fully saturated rings. The van der Waals surface area contributed by atoms with E-state index in [-0.39, 0.29) is 11.9 Å². The number of hydrogen-bond acceptors (Lipinski definition) is 4. The van der Waals surface area contributed by atoms with Crippen molar-refractivity contribution in [2.75, 3.05) is 37.6 Å². The van der Waals surface area contributed by atoms with E-state index in [1.165, 1.54) is 42.4 Å². The molecule has 1 amide bonds. The molecular formula is C23H30N4O. The van der Waals surface area contributed by atoms with Gasteiger partial charge in [-0.25, -0.2) is 4.98 Å². The lowest BCUT2D eigenvalue weighted by Crippen LogP contribution is -2.49. The number of anilines is 1. The first-order chi connectivity index (χ1) is 13.7. The maximum absolute atomic E-state index is 12.6. The second kappa shape index (κ2) is 8.74. The minimum Gasteiger partial charge on any atom is -0.354 e. The number of hydrogen-bond donors (Lipinski definition) is 1. The van der Waals surface area contributed by atoms with E-state index in [2.05, 4.69) is 45.2 Å². The van der Waals surface area contributed by atoms with Crippen molar-refractivity contribution in [2.24, 2.45) is 0 Å². The molecule has 1 aliphatic carbocycles. The van der Waals surface area contributed by atoms with Gasteiger partial charge in [-0.2, -0.15) is 0 Å². The first-order valence-corrected chi connectivity index (χ1v) is 10.5. The Morgan fingerprint density at radius 1 is 1.07 bits per heavy atom. The van der Waals surface area contributed by atoms with Gasteiger partial charge in [-0.3, -0.25) is 9.69 Å². The first-order valence-electron chi connectivity index (χ1n) is 10.5. The van der Waals surface area contributed by atoms with Crippen LogP contribution in [0.1, 0.15) is 42.5 Å². The Morgan fingerprint density at radius 2 is 1.86 bits per heavy atom. The van der Waals surface area contributed by atoms with Crippen molar-refractivity contribution in [3.05, 3.63) is 59.3 Å². The van der Waals surface area contributed by atoms with Crippen LogP contribution in [0.25, 0.3) is 0 Å². The SMILES string of the molecule is CC(NC(=O)CN1CCN(c2ccccn2)CC1)c1ccc2c(c1)CCCC2. The van der Waals surface area contributed by atoms with Crippen molar-refractivity contribution in [3.63, 3.8) is 0 Å². The van der Waals surface area contributed by atoms with E-state index >= 15 is 0 Å². The molecule has 0 bridgehead atoms. The number of aromatic nitrogens is 1. The molecule has 28 heavy (non-hydrogen) atoms. The number of pyridine rings is 1. The smallest absolute Gasteiger partial charge is 0.234 e. The molecule has 1 aromatic heterocycles. The van der Waals surface area contributed by atoms with Gasteiger partial charge in [0.1, 0.15) is 5.82 Å². The Hall–Kier alpha value is -2.40. The summed E-state index contributed by atoms with van der Waals surface area (Å²) in [6.07, 6.45) is 6.77. The molecule has 1 unspecified atom stereocenters. The van der Waals surface area contributed by atoms with Crippen LogP contribution in [0, 0.1) is 0 Å². The summed E-state index contributed by atoms with van der Waals surface area (Å²) in [4.78, 5) is 21.5. The van der Waals surface area contributed by atoms with Gasteiger partial charge in [-0.05, 0) is 61.4 Å². The summed E-state index contributed by atoms with van der Waals surface area (Å²) in [5.74, 6) is 1.13. The number of rotatable bonds is 5. The highest BCUT2D eigenvalue weighted by Crippen LogP contribution is 2.24. The van der Waals surface area contributed by atoms with E-state index in [9.17, 15) is 4.79 Å². The summed E-state index contributed by atoms with van der Waals surface area (Å²) in [6, 6.07) is 12.8. The summed E-state index contributed by atoms with van der Waals surface area (Å²) >= 11 is 0. The fourth-order valence-corrected chi connectivity index (χ4v) is 4.27. The van der Waals surface area contributed by atoms with Gasteiger partial charge in [0.25, 0.3) is 0 Å². The Labute approximate surface area is 167 Å². The highest BCUT2D eigenvalue weighted by Gasteiger charge is 2.21. The maximum Gasteiger partial charge on any atom is 0.234 e. The molecule has 1 saturated heterocycles. The van der Waals surface area contributed by atoms with Crippen LogP contribution in [0.2, 0.25) is 0 Å². The lowest BCUT2D eigenvalue weighted by Gasteiger charge is -2.35. The van der Waals surface area contributed by atoms with Crippen LogP contribution >= 0.6 is 0 Å². The quantitative estimate of drug-likeness (QED) is 0.869. The van der Waals surface area contributed by atoms with Crippen LogP contribution < -0.4 is 10.2 Å². The lowest BCUT2D eigenvalue weighted by atomic mass is 9.89. The molecule has 148 valence electrons. The van der Waals surface area contributed by atoms with Crippen molar-refractivity contribution in [1.82, 2.24) is 15.2 Å². The lowest BCUT2D eigenvalue weighted by molar-refractivity contribution is -0.123. The van der Waals surface area contributed by atoms with Crippen molar-refractivity contribution in [3.8, 4) is 0 Å². The number of carbonyl (C=O) groups is 1. The molecule has 2 heterocycles. The number of aryl methyl sites for hydroxylation is 2. The number of carbonyl (C=O) groups excluding carboxylic acids is 1. The van der Waals surface area contributed by atoms with Crippen LogP contribution in [0.15, 0.2) is 42.6 Å². The Balaban J connectivity index is 1.27. The van der Waals surface area contributed by atoms with Gasteiger partial charge in [-0.15, -0.1) is 0 Å². The standard InChI is InChI=1S/C23H30N4O/c1-18(20-10-9-19-6-2-3-7-21(19)16-20)25-23(28)17-26-12-14-27(15-13-26)22-8-4-5-11-24-22/h4-5,8-11,16,18H,2-3,6-7,12-15,17H2,1H3,(H,25,28). The second-order valence-electron chi connectivity index (χ2n) is 7.98. The molecule has 2 aromatic rings. The first kappa shape index (κ1) is 18.9. The number of nitrogens with one attached hydrogen (secondary N) is 1. The molecule has 4 rings (SSSR count). The third-order valence-corrected chi connectivity index (χ3v) is 5.96. The normalized spacial score (nSPS) is 18.4. The molecule has 5 nitrogen and oxygen atoms in total. The number of amides is 1. The minimum absolute atomic E-state index is 0.0505. The summed E-state index contributed by atoms with van der Waals surface area (Å²) in [6.45, 7) is 6.14. The van der Waals surface area contributed by atoms with E-state index in [1.54, 1.807) is 0 Å². The van der Waals surface area contributed by atoms with Gasteiger partial charge >= 0.3 is 0 Å². The number of nitrogens with zero attached hydrogens (tertiary/aromatic N) is 3. The van der Waals surface area contributed by atoms with Crippen LogP contribution in [0.5, 0.6) is 0 Å². The third kappa shape index (κ3) is 4.53. The fourth-order valence-electron chi connectivity index (χ4n) is 4.27. The van der Waals surface area contributed by atoms with Crippen molar-refractivity contribution >= 4 is 11.7 Å². The zero-order valence-corrected chi connectivity index (χ0v) is 16.7. The molecule has 0 radical (unpaired) electrons. The number of fused-ring (bicyclic) bond motifs is 1. The summed E-state index contributed by atoms with van der Waals surface area (Å²) in [5, 5.41) is 3.19. The molecule has 0 saturated carbocycles. The van der Waals surface area contributed by atoms with E-state index < -0.39 is 0 Å². The Kier molecular flexibility index (Phi) is 5.91. The zero-order valence-electron chi connectivity index (χ0n) is 16.7. The van der Waals surface area contributed by atoms with Gasteiger partial charge in [-0.1, -0.05) is 24.3 Å². The molecule has 2 aliphatic rings. The van der Waals surface area contributed by atoms with Gasteiger partial charge in [0.15, 0.2) is 0 Å². The topological polar surface area (TPSA) is 48.5 Å². The molecule has 1 atom stereocenters.